The molecule has 1 aromatic heterocycles. The number of nitrogens with zero attached hydrogens (tertiary/aromatic N) is 2. The first kappa shape index (κ1) is 51.2. The van der Waals surface area contributed by atoms with Crippen LogP contribution in [0.15, 0.2) is 121 Å². The van der Waals surface area contributed by atoms with Gasteiger partial charge < -0.3 is 43.8 Å². The summed E-state index contributed by atoms with van der Waals surface area (Å²) >= 11 is 0. The fourth-order valence-corrected chi connectivity index (χ4v) is 5.87. The van der Waals surface area contributed by atoms with Crippen molar-refractivity contribution >= 4 is 40.2 Å². The number of carbonyl (C=O) groups is 4. The van der Waals surface area contributed by atoms with Gasteiger partial charge in [-0.2, -0.15) is 0 Å². The van der Waals surface area contributed by atoms with Crippen molar-refractivity contribution in [2.45, 2.75) is 71.4 Å². The van der Waals surface area contributed by atoms with Gasteiger partial charge in [-0.05, 0) is 94.4 Å². The molecule has 1 atom stereocenters. The molecule has 4 aromatic carbocycles. The van der Waals surface area contributed by atoms with Crippen molar-refractivity contribution in [2.24, 2.45) is 22.9 Å². The maximum absolute atomic E-state index is 12.1. The second-order valence-electron chi connectivity index (χ2n) is 14.1. The third kappa shape index (κ3) is 21.2. The highest BCUT2D eigenvalue weighted by Crippen LogP contribution is 2.18. The molecule has 0 fully saturated rings. The van der Waals surface area contributed by atoms with Crippen molar-refractivity contribution in [1.29, 1.82) is 0 Å². The number of fused-ring (bicyclic) bond motifs is 2. The predicted octanol–water partition coefficient (Wildman–Crippen LogP) is 4.99. The van der Waals surface area contributed by atoms with Crippen LogP contribution in [0, 0.1) is 6.92 Å². The normalized spacial score (nSPS) is 11.5. The molecular weight excluding hydrogens is 767 g/mol. The van der Waals surface area contributed by atoms with E-state index in [4.69, 9.17) is 17.2 Å². The third-order valence-electron chi connectivity index (χ3n) is 9.32. The molecule has 2 heterocycles. The zero-order valence-corrected chi connectivity index (χ0v) is 36.2. The number of aryl methyl sites for hydroxylation is 2. The van der Waals surface area contributed by atoms with E-state index < -0.39 is 6.04 Å². The second kappa shape index (κ2) is 31.0. The minimum atomic E-state index is -0.645. The summed E-state index contributed by atoms with van der Waals surface area (Å²) in [5, 5.41) is 8.83. The Morgan fingerprint density at radius 3 is 1.98 bits per heavy atom. The zero-order chi connectivity index (χ0) is 44.7. The number of para-hydroxylation sites is 1. The minimum absolute atomic E-state index is 0.0170. The van der Waals surface area contributed by atoms with Crippen LogP contribution < -0.4 is 38.9 Å². The SMILES string of the molecule is CCc1ccccc1.CN.Cc1ccccc1.NCCCCC(=O)NCC(=O)N1CCc2ccccc2C1.NCCC[C@H](N)C(=O)NCC(=O)Nc1cnc2ccccc2c1. The molecule has 1 aliphatic heterocycles. The predicted molar refractivity (Wildman–Crippen MR) is 248 cm³/mol. The lowest BCUT2D eigenvalue weighted by Gasteiger charge is -2.29. The average Bonchev–Trinajstić information content (AvgIpc) is 3.30. The first-order valence-electron chi connectivity index (χ1n) is 21.0. The van der Waals surface area contributed by atoms with Gasteiger partial charge in [-0.25, -0.2) is 0 Å². The van der Waals surface area contributed by atoms with E-state index in [0.717, 1.165) is 43.1 Å². The fraction of sp³-hybridized carbons (Fsp3) is 0.354. The van der Waals surface area contributed by atoms with E-state index in [2.05, 4.69) is 89.0 Å². The van der Waals surface area contributed by atoms with Gasteiger partial charge in [-0.15, -0.1) is 0 Å². The Labute approximate surface area is 362 Å². The van der Waals surface area contributed by atoms with Crippen LogP contribution in [0.25, 0.3) is 10.9 Å². The highest BCUT2D eigenvalue weighted by atomic mass is 16.2. The van der Waals surface area contributed by atoms with Gasteiger partial charge in [-0.1, -0.05) is 116 Å². The van der Waals surface area contributed by atoms with Crippen molar-refractivity contribution in [1.82, 2.24) is 20.5 Å². The molecule has 0 bridgehead atoms. The summed E-state index contributed by atoms with van der Waals surface area (Å²) in [6.45, 7) is 6.63. The summed E-state index contributed by atoms with van der Waals surface area (Å²) in [6, 6.07) is 37.7. The van der Waals surface area contributed by atoms with Crippen LogP contribution in [0.4, 0.5) is 5.69 Å². The monoisotopic (exact) mass is 834 g/mol. The number of nitrogens with one attached hydrogen (secondary N) is 3. The summed E-state index contributed by atoms with van der Waals surface area (Å²) < 4.78 is 0. The number of unbranched alkanes of at least 4 members (excludes halogenated alkanes) is 1. The van der Waals surface area contributed by atoms with Gasteiger partial charge in [0, 0.05) is 24.9 Å². The number of hydrogen-bond acceptors (Lipinski definition) is 9. The van der Waals surface area contributed by atoms with E-state index >= 15 is 0 Å². The van der Waals surface area contributed by atoms with E-state index in [1.807, 2.05) is 71.6 Å². The van der Waals surface area contributed by atoms with Crippen LogP contribution in [0.5, 0.6) is 0 Å². The van der Waals surface area contributed by atoms with Gasteiger partial charge in [-0.3, -0.25) is 24.2 Å². The first-order chi connectivity index (χ1) is 29.6. The molecule has 5 aromatic rings. The summed E-state index contributed by atoms with van der Waals surface area (Å²) in [4.78, 5) is 53.4. The van der Waals surface area contributed by atoms with Crippen LogP contribution in [-0.4, -0.2) is 79.3 Å². The number of nitrogens with two attached hydrogens (primary N) is 4. The number of anilines is 1. The molecule has 0 saturated heterocycles. The van der Waals surface area contributed by atoms with Gasteiger partial charge in [0.2, 0.25) is 23.6 Å². The van der Waals surface area contributed by atoms with Gasteiger partial charge in [0.25, 0.3) is 0 Å². The molecule has 328 valence electrons. The number of pyridine rings is 1. The lowest BCUT2D eigenvalue weighted by atomic mass is 10.00. The van der Waals surface area contributed by atoms with Crippen LogP contribution in [0.1, 0.15) is 61.3 Å². The van der Waals surface area contributed by atoms with Gasteiger partial charge in [0.05, 0.1) is 36.5 Å². The van der Waals surface area contributed by atoms with E-state index in [0.29, 0.717) is 44.6 Å². The third-order valence-corrected chi connectivity index (χ3v) is 9.32. The molecule has 0 aliphatic carbocycles. The van der Waals surface area contributed by atoms with E-state index in [-0.39, 0.29) is 36.7 Å². The van der Waals surface area contributed by atoms with Gasteiger partial charge in [0.15, 0.2) is 0 Å². The molecule has 13 nitrogen and oxygen atoms in total. The Morgan fingerprint density at radius 2 is 1.36 bits per heavy atom. The van der Waals surface area contributed by atoms with E-state index in [1.165, 1.54) is 29.3 Å². The molecule has 1 aliphatic rings. The smallest absolute Gasteiger partial charge is 0.243 e. The zero-order valence-electron chi connectivity index (χ0n) is 36.2. The molecule has 4 amide bonds. The van der Waals surface area contributed by atoms with Crippen molar-refractivity contribution in [3.05, 3.63) is 144 Å². The molecule has 61 heavy (non-hydrogen) atoms. The van der Waals surface area contributed by atoms with Gasteiger partial charge in [0.1, 0.15) is 0 Å². The Morgan fingerprint density at radius 1 is 0.738 bits per heavy atom. The molecule has 0 saturated carbocycles. The molecular formula is C48H67N9O4. The minimum Gasteiger partial charge on any atom is -0.347 e. The van der Waals surface area contributed by atoms with Crippen LogP contribution in [0.3, 0.4) is 0 Å². The maximum Gasteiger partial charge on any atom is 0.243 e. The summed E-state index contributed by atoms with van der Waals surface area (Å²) in [5.41, 5.74) is 27.6. The number of carbonyl (C=O) groups excluding carboxylic acids is 4. The van der Waals surface area contributed by atoms with Crippen LogP contribution in [-0.2, 0) is 38.6 Å². The standard InChI is InChI=1S/C16H21N5O2.C16H23N3O2.C8H10.C7H8.CH5N/c17-7-3-5-13(18)16(23)20-10-15(22)21-12-8-11-4-1-2-6-14(11)19-9-12;17-9-4-3-7-15(20)18-11-16(21)19-10-8-13-5-1-2-6-14(13)12-19;1-2-8-6-4-3-5-7-8;1-7-5-3-2-4-6-7;1-2/h1-2,4,6,8-9,13H,3,5,7,10,17-18H2,(H,20,23)(H,21,22);1-2,5-6H,3-4,7-12,17H2,(H,18,20);3-7H,2H2,1H3;2-6H,1H3;2H2,1H3/t13-;;;;/m0..../s1. The first-order valence-corrected chi connectivity index (χ1v) is 21.0. The maximum atomic E-state index is 12.1. The Balaban J connectivity index is 0.000000306. The van der Waals surface area contributed by atoms with Crippen LogP contribution >= 0.6 is 0 Å². The topological polar surface area (TPSA) is 225 Å². The largest absolute Gasteiger partial charge is 0.347 e. The highest BCUT2D eigenvalue weighted by molar-refractivity contribution is 5.96. The van der Waals surface area contributed by atoms with Crippen molar-refractivity contribution in [2.75, 3.05) is 45.1 Å². The molecule has 6 rings (SSSR count). The van der Waals surface area contributed by atoms with Gasteiger partial charge >= 0.3 is 0 Å². The number of hydrogen-bond donors (Lipinski definition) is 7. The number of rotatable bonds is 14. The van der Waals surface area contributed by atoms with Crippen molar-refractivity contribution in [3.8, 4) is 0 Å². The lowest BCUT2D eigenvalue weighted by Crippen LogP contribution is -2.43. The summed E-state index contributed by atoms with van der Waals surface area (Å²) in [7, 11) is 1.50. The number of benzene rings is 4. The molecule has 13 heteroatoms. The average molecular weight is 834 g/mol. The lowest BCUT2D eigenvalue weighted by molar-refractivity contribution is -0.133. The summed E-state index contributed by atoms with van der Waals surface area (Å²) in [6.07, 6.45) is 6.82. The van der Waals surface area contributed by atoms with Crippen molar-refractivity contribution in [3.63, 3.8) is 0 Å². The second-order valence-corrected chi connectivity index (χ2v) is 14.1. The Bertz CT molecular complexity index is 2000. The van der Waals surface area contributed by atoms with E-state index in [1.54, 1.807) is 6.20 Å². The number of amides is 4. The molecule has 11 N–H and O–H groups in total. The number of aromatic nitrogens is 1. The fourth-order valence-electron chi connectivity index (χ4n) is 5.87. The Kier molecular flexibility index (Phi) is 26.0. The van der Waals surface area contributed by atoms with E-state index in [9.17, 15) is 19.2 Å². The quantitative estimate of drug-likeness (QED) is 0.0748. The summed E-state index contributed by atoms with van der Waals surface area (Å²) in [5.74, 6) is -0.780. The molecule has 0 spiro atoms. The molecule has 0 radical (unpaired) electrons. The highest BCUT2D eigenvalue weighted by Gasteiger charge is 2.20. The Hall–Kier alpha value is -5.99. The van der Waals surface area contributed by atoms with Crippen molar-refractivity contribution < 1.29 is 19.2 Å². The van der Waals surface area contributed by atoms with Crippen LogP contribution in [0.2, 0.25) is 0 Å². The molecule has 0 unspecified atom stereocenters.